The lowest BCUT2D eigenvalue weighted by atomic mass is 10.1. The summed E-state index contributed by atoms with van der Waals surface area (Å²) in [5.41, 5.74) is 0. The van der Waals surface area contributed by atoms with Crippen molar-refractivity contribution >= 4 is 12.0 Å². The van der Waals surface area contributed by atoms with E-state index in [1.165, 1.54) is 0 Å². The van der Waals surface area contributed by atoms with Gasteiger partial charge in [0.25, 0.3) is 0 Å². The highest BCUT2D eigenvalue weighted by Crippen LogP contribution is 2.22. The van der Waals surface area contributed by atoms with Crippen molar-refractivity contribution in [1.82, 2.24) is 14.7 Å². The van der Waals surface area contributed by atoms with Crippen LogP contribution in [0.1, 0.15) is 33.1 Å². The van der Waals surface area contributed by atoms with Crippen LogP contribution in [0, 0.1) is 5.92 Å². The number of nitrogens with zero attached hydrogens (tertiary/aromatic N) is 3. The van der Waals surface area contributed by atoms with Crippen LogP contribution < -0.4 is 0 Å². The second kappa shape index (κ2) is 7.11. The normalized spacial score (nSPS) is 23.9. The molecule has 120 valence electrons. The predicted octanol–water partition coefficient (Wildman–Crippen LogP) is 1.32. The SMILES string of the molecule is CC(C)CN1CCN(C(=O)N2CCCC2CC(=O)O)CC1. The van der Waals surface area contributed by atoms with Crippen molar-refractivity contribution in [3.8, 4) is 0 Å². The number of hydrogen-bond acceptors (Lipinski definition) is 3. The molecular weight excluding hydrogens is 270 g/mol. The third-order valence-corrected chi connectivity index (χ3v) is 4.30. The van der Waals surface area contributed by atoms with Crippen LogP contribution in [0.3, 0.4) is 0 Å². The lowest BCUT2D eigenvalue weighted by Crippen LogP contribution is -2.54. The summed E-state index contributed by atoms with van der Waals surface area (Å²) in [7, 11) is 0. The molecule has 0 aliphatic carbocycles. The Kier molecular flexibility index (Phi) is 5.45. The number of likely N-dealkylation sites (tertiary alicyclic amines) is 1. The zero-order valence-electron chi connectivity index (χ0n) is 13.1. The van der Waals surface area contributed by atoms with E-state index in [9.17, 15) is 9.59 Å². The fraction of sp³-hybridized carbons (Fsp3) is 0.867. The third kappa shape index (κ3) is 4.33. The highest BCUT2D eigenvalue weighted by molar-refractivity contribution is 5.76. The zero-order chi connectivity index (χ0) is 15.4. The van der Waals surface area contributed by atoms with Crippen LogP contribution >= 0.6 is 0 Å². The maximum absolute atomic E-state index is 12.6. The molecule has 6 heteroatoms. The topological polar surface area (TPSA) is 64.1 Å². The van der Waals surface area contributed by atoms with Crippen molar-refractivity contribution < 1.29 is 14.7 Å². The number of aliphatic carboxylic acids is 1. The van der Waals surface area contributed by atoms with E-state index < -0.39 is 5.97 Å². The molecule has 0 aromatic carbocycles. The Morgan fingerprint density at radius 2 is 1.81 bits per heavy atom. The van der Waals surface area contributed by atoms with Gasteiger partial charge in [0.1, 0.15) is 0 Å². The number of carboxylic acids is 1. The number of rotatable bonds is 4. The summed E-state index contributed by atoms with van der Waals surface area (Å²) >= 11 is 0. The summed E-state index contributed by atoms with van der Waals surface area (Å²) in [6, 6.07) is -0.0911. The van der Waals surface area contributed by atoms with Crippen molar-refractivity contribution in [2.24, 2.45) is 5.92 Å². The molecule has 21 heavy (non-hydrogen) atoms. The number of carbonyl (C=O) groups excluding carboxylic acids is 1. The van der Waals surface area contributed by atoms with E-state index in [1.54, 1.807) is 4.90 Å². The van der Waals surface area contributed by atoms with Crippen molar-refractivity contribution in [2.75, 3.05) is 39.3 Å². The van der Waals surface area contributed by atoms with Crippen molar-refractivity contribution in [3.63, 3.8) is 0 Å². The molecule has 1 unspecified atom stereocenters. The van der Waals surface area contributed by atoms with Crippen molar-refractivity contribution in [3.05, 3.63) is 0 Å². The van der Waals surface area contributed by atoms with Gasteiger partial charge in [-0.1, -0.05) is 13.8 Å². The molecule has 0 aromatic heterocycles. The van der Waals surface area contributed by atoms with Crippen LogP contribution in [0.4, 0.5) is 4.79 Å². The number of piperazine rings is 1. The molecule has 0 aromatic rings. The van der Waals surface area contributed by atoms with Gasteiger partial charge >= 0.3 is 12.0 Å². The molecule has 2 aliphatic heterocycles. The summed E-state index contributed by atoms with van der Waals surface area (Å²) in [6.45, 7) is 9.53. The monoisotopic (exact) mass is 297 g/mol. The Hall–Kier alpha value is -1.30. The number of amides is 2. The third-order valence-electron chi connectivity index (χ3n) is 4.30. The second-order valence-electron chi connectivity index (χ2n) is 6.55. The van der Waals surface area contributed by atoms with E-state index in [0.29, 0.717) is 12.5 Å². The summed E-state index contributed by atoms with van der Waals surface area (Å²) in [5.74, 6) is -0.174. The first kappa shape index (κ1) is 16.1. The predicted molar refractivity (Wildman–Crippen MR) is 80.2 cm³/mol. The van der Waals surface area contributed by atoms with Gasteiger partial charge in [-0.25, -0.2) is 4.79 Å². The van der Waals surface area contributed by atoms with E-state index in [2.05, 4.69) is 18.7 Å². The molecule has 0 saturated carbocycles. The molecule has 2 rings (SSSR count). The average Bonchev–Trinajstić information content (AvgIpc) is 2.85. The largest absolute Gasteiger partial charge is 0.481 e. The van der Waals surface area contributed by atoms with Gasteiger partial charge in [0, 0.05) is 45.3 Å². The van der Waals surface area contributed by atoms with Crippen LogP contribution in [0.15, 0.2) is 0 Å². The molecule has 1 atom stereocenters. The Morgan fingerprint density at radius 3 is 2.38 bits per heavy atom. The maximum atomic E-state index is 12.6. The molecule has 2 aliphatic rings. The summed E-state index contributed by atoms with van der Waals surface area (Å²) in [4.78, 5) is 29.5. The number of urea groups is 1. The fourth-order valence-corrected chi connectivity index (χ4v) is 3.32. The fourth-order valence-electron chi connectivity index (χ4n) is 3.32. The standard InChI is InChI=1S/C15H27N3O3/c1-12(2)11-16-6-8-17(9-7-16)15(21)18-5-3-4-13(18)10-14(19)20/h12-13H,3-11H2,1-2H3,(H,19,20). The molecule has 0 bridgehead atoms. The first-order valence-electron chi connectivity index (χ1n) is 7.97. The quantitative estimate of drug-likeness (QED) is 0.850. The molecule has 2 amide bonds. The van der Waals surface area contributed by atoms with E-state index in [1.807, 2.05) is 4.90 Å². The zero-order valence-corrected chi connectivity index (χ0v) is 13.1. The molecular formula is C15H27N3O3. The van der Waals surface area contributed by atoms with Gasteiger partial charge in [-0.15, -0.1) is 0 Å². The van der Waals surface area contributed by atoms with Crippen LogP contribution in [0.25, 0.3) is 0 Å². The molecule has 0 spiro atoms. The smallest absolute Gasteiger partial charge is 0.320 e. The van der Waals surface area contributed by atoms with E-state index in [-0.39, 0.29) is 18.5 Å². The van der Waals surface area contributed by atoms with E-state index in [0.717, 1.165) is 45.6 Å². The molecule has 0 radical (unpaired) electrons. The summed E-state index contributed by atoms with van der Waals surface area (Å²) < 4.78 is 0. The summed E-state index contributed by atoms with van der Waals surface area (Å²) in [6.07, 6.45) is 1.79. The van der Waals surface area contributed by atoms with Gasteiger partial charge < -0.3 is 14.9 Å². The Labute approximate surface area is 126 Å². The molecule has 2 fully saturated rings. The molecule has 6 nitrogen and oxygen atoms in total. The highest BCUT2D eigenvalue weighted by Gasteiger charge is 2.34. The Balaban J connectivity index is 1.85. The second-order valence-corrected chi connectivity index (χ2v) is 6.55. The molecule has 2 saturated heterocycles. The van der Waals surface area contributed by atoms with Gasteiger partial charge in [-0.05, 0) is 18.8 Å². The highest BCUT2D eigenvalue weighted by atomic mass is 16.4. The number of carboxylic acid groups (broad SMARTS) is 1. The first-order valence-corrected chi connectivity index (χ1v) is 7.97. The lowest BCUT2D eigenvalue weighted by molar-refractivity contribution is -0.138. The van der Waals surface area contributed by atoms with Crippen LogP contribution in [-0.2, 0) is 4.79 Å². The van der Waals surface area contributed by atoms with Gasteiger partial charge in [-0.2, -0.15) is 0 Å². The van der Waals surface area contributed by atoms with Gasteiger partial charge in [0.05, 0.1) is 6.42 Å². The average molecular weight is 297 g/mol. The van der Waals surface area contributed by atoms with Crippen LogP contribution in [-0.4, -0.2) is 77.1 Å². The summed E-state index contributed by atoms with van der Waals surface area (Å²) in [5, 5.41) is 8.94. The van der Waals surface area contributed by atoms with Crippen LogP contribution in [0.5, 0.6) is 0 Å². The lowest BCUT2D eigenvalue weighted by Gasteiger charge is -2.38. The van der Waals surface area contributed by atoms with E-state index in [4.69, 9.17) is 5.11 Å². The number of hydrogen-bond donors (Lipinski definition) is 1. The minimum atomic E-state index is -0.818. The van der Waals surface area contributed by atoms with Gasteiger partial charge in [-0.3, -0.25) is 9.69 Å². The molecule has 2 heterocycles. The Morgan fingerprint density at radius 1 is 1.14 bits per heavy atom. The van der Waals surface area contributed by atoms with Gasteiger partial charge in [0.2, 0.25) is 0 Å². The minimum absolute atomic E-state index is 0.0305. The van der Waals surface area contributed by atoms with E-state index >= 15 is 0 Å². The van der Waals surface area contributed by atoms with Crippen molar-refractivity contribution in [1.29, 1.82) is 0 Å². The maximum Gasteiger partial charge on any atom is 0.320 e. The van der Waals surface area contributed by atoms with Gasteiger partial charge in [0.15, 0.2) is 0 Å². The Bertz CT molecular complexity index is 378. The first-order chi connectivity index (χ1) is 9.97. The van der Waals surface area contributed by atoms with Crippen LogP contribution in [0.2, 0.25) is 0 Å². The van der Waals surface area contributed by atoms with Crippen molar-refractivity contribution in [2.45, 2.75) is 39.2 Å². The minimum Gasteiger partial charge on any atom is -0.481 e. The molecule has 1 N–H and O–H groups in total. The number of carbonyl (C=O) groups is 2.